The van der Waals surface area contributed by atoms with Gasteiger partial charge in [0, 0.05) is 5.56 Å². The van der Waals surface area contributed by atoms with Crippen LogP contribution in [-0.2, 0) is 4.79 Å². The van der Waals surface area contributed by atoms with Crippen molar-refractivity contribution in [2.75, 3.05) is 6.61 Å². The third-order valence-electron chi connectivity index (χ3n) is 2.49. The molecule has 7 nitrogen and oxygen atoms in total. The Hall–Kier alpha value is -2.79. The maximum atomic E-state index is 11.4. The summed E-state index contributed by atoms with van der Waals surface area (Å²) >= 11 is 0.933. The highest BCUT2D eigenvalue weighted by molar-refractivity contribution is 8.04. The molecule has 112 valence electrons. The average molecular weight is 316 g/mol. The number of hydrogen-bond acceptors (Lipinski definition) is 6. The number of nitriles is 1. The van der Waals surface area contributed by atoms with E-state index in [2.05, 4.69) is 15.2 Å². The van der Waals surface area contributed by atoms with Crippen molar-refractivity contribution in [2.24, 2.45) is 0 Å². The van der Waals surface area contributed by atoms with Crippen molar-refractivity contribution in [3.8, 4) is 11.8 Å². The maximum absolute atomic E-state index is 11.4. The quantitative estimate of drug-likeness (QED) is 0.620. The van der Waals surface area contributed by atoms with Gasteiger partial charge in [0.1, 0.15) is 22.5 Å². The van der Waals surface area contributed by atoms with Gasteiger partial charge < -0.3 is 9.84 Å². The number of ether oxygens (including phenoxy) is 1. The molecule has 1 aromatic carbocycles. The second-order valence-corrected chi connectivity index (χ2v) is 5.11. The first-order chi connectivity index (χ1) is 10.6. The van der Waals surface area contributed by atoms with Gasteiger partial charge in [-0.1, -0.05) is 18.2 Å². The number of nitrogens with zero attached hydrogens (tertiary/aromatic N) is 3. The first-order valence-electron chi connectivity index (χ1n) is 6.21. The predicted molar refractivity (Wildman–Crippen MR) is 80.1 cm³/mol. The van der Waals surface area contributed by atoms with Crippen molar-refractivity contribution < 1.29 is 14.6 Å². The van der Waals surface area contributed by atoms with E-state index in [0.29, 0.717) is 22.3 Å². The van der Waals surface area contributed by atoms with Gasteiger partial charge in [-0.25, -0.2) is 9.78 Å². The smallest absolute Gasteiger partial charge is 0.342 e. The van der Waals surface area contributed by atoms with Crippen molar-refractivity contribution in [3.05, 3.63) is 40.6 Å². The SMILES string of the molecule is Cc1nc(S/C(=C\c2ccccc2OCC#N)C(=O)O)n[nH]1. The minimum Gasteiger partial charge on any atom is -0.478 e. The van der Waals surface area contributed by atoms with Crippen LogP contribution in [0.4, 0.5) is 0 Å². The fraction of sp³-hybridized carbons (Fsp3) is 0.143. The fourth-order valence-corrected chi connectivity index (χ4v) is 2.33. The van der Waals surface area contributed by atoms with E-state index in [4.69, 9.17) is 10.00 Å². The standard InChI is InChI=1S/C14H12N4O3S/c1-9-16-14(18-17-9)22-12(13(19)20)8-10-4-2-3-5-11(10)21-7-6-15/h2-5,8H,7H2,1H3,(H,19,20)(H,16,17,18)/b12-8-. The second kappa shape index (κ2) is 7.28. The number of aromatic amines is 1. The summed E-state index contributed by atoms with van der Waals surface area (Å²) in [5.74, 6) is -0.0536. The number of carbonyl (C=O) groups is 1. The van der Waals surface area contributed by atoms with Crippen LogP contribution in [0.15, 0.2) is 34.3 Å². The molecule has 2 N–H and O–H groups in total. The molecule has 0 unspecified atom stereocenters. The molecular weight excluding hydrogens is 304 g/mol. The molecule has 0 saturated heterocycles. The number of carboxylic acids is 1. The molecule has 0 atom stereocenters. The van der Waals surface area contributed by atoms with E-state index < -0.39 is 5.97 Å². The van der Waals surface area contributed by atoms with E-state index in [-0.39, 0.29) is 11.5 Å². The zero-order valence-corrected chi connectivity index (χ0v) is 12.4. The van der Waals surface area contributed by atoms with E-state index in [1.807, 2.05) is 6.07 Å². The molecule has 0 aliphatic carbocycles. The van der Waals surface area contributed by atoms with Crippen LogP contribution in [0.2, 0.25) is 0 Å². The number of carboxylic acid groups (broad SMARTS) is 1. The second-order valence-electron chi connectivity index (χ2n) is 4.10. The molecule has 0 aliphatic heterocycles. The molecule has 22 heavy (non-hydrogen) atoms. The average Bonchev–Trinajstić information content (AvgIpc) is 2.90. The summed E-state index contributed by atoms with van der Waals surface area (Å²) < 4.78 is 5.28. The molecule has 0 amide bonds. The lowest BCUT2D eigenvalue weighted by atomic mass is 10.2. The molecule has 0 bridgehead atoms. The number of nitrogens with one attached hydrogen (secondary N) is 1. The van der Waals surface area contributed by atoms with E-state index in [1.54, 1.807) is 31.2 Å². The van der Waals surface area contributed by atoms with Gasteiger partial charge in [0.15, 0.2) is 6.61 Å². The van der Waals surface area contributed by atoms with Crippen molar-refractivity contribution in [3.63, 3.8) is 0 Å². The summed E-state index contributed by atoms with van der Waals surface area (Å²) in [6.45, 7) is 1.62. The normalized spacial score (nSPS) is 11.0. The first kappa shape index (κ1) is 15.6. The van der Waals surface area contributed by atoms with Crippen LogP contribution in [0, 0.1) is 18.3 Å². The lowest BCUT2D eigenvalue weighted by molar-refractivity contribution is -0.131. The molecule has 0 saturated carbocycles. The maximum Gasteiger partial charge on any atom is 0.342 e. The van der Waals surface area contributed by atoms with Crippen molar-refractivity contribution >= 4 is 23.8 Å². The number of aliphatic carboxylic acids is 1. The third-order valence-corrected chi connectivity index (χ3v) is 3.36. The third kappa shape index (κ3) is 4.10. The molecule has 0 fully saturated rings. The Morgan fingerprint density at radius 3 is 2.95 bits per heavy atom. The Kier molecular flexibility index (Phi) is 5.16. The highest BCUT2D eigenvalue weighted by Crippen LogP contribution is 2.28. The van der Waals surface area contributed by atoms with E-state index in [9.17, 15) is 9.90 Å². The van der Waals surface area contributed by atoms with E-state index in [1.165, 1.54) is 6.08 Å². The van der Waals surface area contributed by atoms with Crippen LogP contribution in [0.25, 0.3) is 6.08 Å². The van der Waals surface area contributed by atoms with Crippen molar-refractivity contribution in [1.29, 1.82) is 5.26 Å². The molecule has 0 radical (unpaired) electrons. The lowest BCUT2D eigenvalue weighted by Gasteiger charge is -2.06. The Labute approximate surface area is 130 Å². The number of aryl methyl sites for hydroxylation is 1. The highest BCUT2D eigenvalue weighted by atomic mass is 32.2. The molecule has 2 rings (SSSR count). The Bertz CT molecular complexity index is 749. The van der Waals surface area contributed by atoms with Gasteiger partial charge in [-0.15, -0.1) is 5.10 Å². The van der Waals surface area contributed by atoms with Gasteiger partial charge in [-0.2, -0.15) is 5.26 Å². The summed E-state index contributed by atoms with van der Waals surface area (Å²) in [5, 5.41) is 24.8. The van der Waals surface area contributed by atoms with Crippen LogP contribution in [0.5, 0.6) is 5.75 Å². The Morgan fingerprint density at radius 2 is 2.32 bits per heavy atom. The largest absolute Gasteiger partial charge is 0.478 e. The Balaban J connectivity index is 2.30. The van der Waals surface area contributed by atoms with Crippen molar-refractivity contribution in [2.45, 2.75) is 12.1 Å². The number of rotatable bonds is 6. The number of thioether (sulfide) groups is 1. The highest BCUT2D eigenvalue weighted by Gasteiger charge is 2.14. The molecule has 8 heteroatoms. The van der Waals surface area contributed by atoms with Gasteiger partial charge in [-0.3, -0.25) is 5.10 Å². The zero-order valence-electron chi connectivity index (χ0n) is 11.6. The summed E-state index contributed by atoms with van der Waals surface area (Å²) in [4.78, 5) is 15.5. The first-order valence-corrected chi connectivity index (χ1v) is 7.02. The number of H-pyrrole nitrogens is 1. The summed E-state index contributed by atoms with van der Waals surface area (Å²) in [6.07, 6.45) is 1.46. The zero-order chi connectivity index (χ0) is 15.9. The van der Waals surface area contributed by atoms with Crippen LogP contribution in [0.1, 0.15) is 11.4 Å². The summed E-state index contributed by atoms with van der Waals surface area (Å²) in [7, 11) is 0. The van der Waals surface area contributed by atoms with Gasteiger partial charge in [-0.05, 0) is 30.8 Å². The van der Waals surface area contributed by atoms with Gasteiger partial charge in [0.2, 0.25) is 5.16 Å². The lowest BCUT2D eigenvalue weighted by Crippen LogP contribution is -1.99. The molecule has 0 spiro atoms. The number of benzene rings is 1. The molecule has 1 aromatic heterocycles. The summed E-state index contributed by atoms with van der Waals surface area (Å²) in [5.41, 5.74) is 0.565. The van der Waals surface area contributed by atoms with Gasteiger partial charge in [0.25, 0.3) is 0 Å². The minimum absolute atomic E-state index is 0.0482. The topological polar surface area (TPSA) is 112 Å². The number of aromatic nitrogens is 3. The molecule has 1 heterocycles. The molecular formula is C14H12N4O3S. The number of para-hydroxylation sites is 1. The predicted octanol–water partition coefficient (Wildman–Crippen LogP) is 2.23. The van der Waals surface area contributed by atoms with Gasteiger partial charge in [0.05, 0.1) is 0 Å². The monoisotopic (exact) mass is 316 g/mol. The van der Waals surface area contributed by atoms with Crippen molar-refractivity contribution in [1.82, 2.24) is 15.2 Å². The fourth-order valence-electron chi connectivity index (χ4n) is 1.58. The van der Waals surface area contributed by atoms with E-state index in [0.717, 1.165) is 11.8 Å². The molecule has 0 aliphatic rings. The minimum atomic E-state index is -1.09. The molecule has 2 aromatic rings. The van der Waals surface area contributed by atoms with Crippen LogP contribution in [-0.4, -0.2) is 32.9 Å². The number of hydrogen-bond donors (Lipinski definition) is 2. The van der Waals surface area contributed by atoms with Gasteiger partial charge >= 0.3 is 5.97 Å². The Morgan fingerprint density at radius 1 is 1.55 bits per heavy atom. The summed E-state index contributed by atoms with van der Waals surface area (Å²) in [6, 6.07) is 8.75. The van der Waals surface area contributed by atoms with Crippen LogP contribution >= 0.6 is 11.8 Å². The van der Waals surface area contributed by atoms with Crippen LogP contribution < -0.4 is 4.74 Å². The van der Waals surface area contributed by atoms with E-state index >= 15 is 0 Å². The van der Waals surface area contributed by atoms with Crippen LogP contribution in [0.3, 0.4) is 0 Å².